The van der Waals surface area contributed by atoms with Gasteiger partial charge in [-0.05, 0) is 13.0 Å². The quantitative estimate of drug-likeness (QED) is 0.591. The molecular formula is C15H18N3O5+. The predicted octanol–water partition coefficient (Wildman–Crippen LogP) is -1.43. The van der Waals surface area contributed by atoms with Crippen LogP contribution in [0, 0.1) is 0 Å². The van der Waals surface area contributed by atoms with E-state index in [1.165, 1.54) is 6.92 Å². The Hall–Kier alpha value is -2.61. The molecule has 0 bridgehead atoms. The number of fused-ring (bicyclic) bond motifs is 1. The Labute approximate surface area is 132 Å². The maximum absolute atomic E-state index is 12.2. The summed E-state index contributed by atoms with van der Waals surface area (Å²) in [5, 5.41) is 5.46. The van der Waals surface area contributed by atoms with Crippen molar-refractivity contribution in [1.29, 1.82) is 0 Å². The van der Waals surface area contributed by atoms with Gasteiger partial charge in [-0.25, -0.2) is 0 Å². The number of nitrogens with one attached hydrogen (secondary N) is 3. The Kier molecular flexibility index (Phi) is 4.16. The standard InChI is InChI=1S/C15H17N3O5/c1-9(19)10-4-12-13(23-8-22-12)5-11(10)17-15(21)7-18-3-2-16-14(20)6-18/h4-5H,2-3,6-8H2,1H3,(H,16,20)(H,17,21)/p+1. The molecule has 122 valence electrons. The van der Waals surface area contributed by atoms with Crippen LogP contribution in [-0.2, 0) is 9.59 Å². The first-order chi connectivity index (χ1) is 11.0. The van der Waals surface area contributed by atoms with Crippen LogP contribution in [0.3, 0.4) is 0 Å². The largest absolute Gasteiger partial charge is 0.454 e. The third-order valence-corrected chi connectivity index (χ3v) is 3.79. The van der Waals surface area contributed by atoms with E-state index >= 15 is 0 Å². The summed E-state index contributed by atoms with van der Waals surface area (Å²) in [6.07, 6.45) is 0. The number of ketones is 1. The lowest BCUT2D eigenvalue weighted by Gasteiger charge is -2.23. The van der Waals surface area contributed by atoms with Crippen LogP contribution in [0.4, 0.5) is 5.69 Å². The number of benzene rings is 1. The number of piperazine rings is 1. The van der Waals surface area contributed by atoms with E-state index in [2.05, 4.69) is 10.6 Å². The van der Waals surface area contributed by atoms with Gasteiger partial charge in [0, 0.05) is 11.6 Å². The number of anilines is 1. The van der Waals surface area contributed by atoms with E-state index in [-0.39, 0.29) is 37.5 Å². The summed E-state index contributed by atoms with van der Waals surface area (Å²) in [7, 11) is 0. The molecule has 1 aromatic rings. The van der Waals surface area contributed by atoms with E-state index in [0.717, 1.165) is 4.90 Å². The molecule has 0 saturated carbocycles. The predicted molar refractivity (Wildman–Crippen MR) is 79.8 cm³/mol. The van der Waals surface area contributed by atoms with Gasteiger partial charge in [0.1, 0.15) is 0 Å². The first-order valence-corrected chi connectivity index (χ1v) is 7.37. The Morgan fingerprint density at radius 1 is 1.30 bits per heavy atom. The van der Waals surface area contributed by atoms with Gasteiger partial charge < -0.3 is 25.0 Å². The summed E-state index contributed by atoms with van der Waals surface area (Å²) in [5.74, 6) is 0.493. The fourth-order valence-electron chi connectivity index (χ4n) is 2.67. The molecule has 1 unspecified atom stereocenters. The zero-order valence-electron chi connectivity index (χ0n) is 12.7. The molecule has 3 rings (SSSR count). The van der Waals surface area contributed by atoms with Gasteiger partial charge in [0.2, 0.25) is 6.79 Å². The second kappa shape index (κ2) is 6.25. The highest BCUT2D eigenvalue weighted by Gasteiger charge is 2.24. The van der Waals surface area contributed by atoms with Crippen LogP contribution in [0.15, 0.2) is 12.1 Å². The summed E-state index contributed by atoms with van der Waals surface area (Å²) in [4.78, 5) is 36.2. The van der Waals surface area contributed by atoms with Gasteiger partial charge in [0.05, 0.1) is 18.8 Å². The van der Waals surface area contributed by atoms with E-state index in [1.807, 2.05) is 0 Å². The molecule has 0 aliphatic carbocycles. The third-order valence-electron chi connectivity index (χ3n) is 3.79. The Bertz CT molecular complexity index is 673. The van der Waals surface area contributed by atoms with Crippen LogP contribution in [-0.4, -0.2) is 50.6 Å². The summed E-state index contributed by atoms with van der Waals surface area (Å²) in [5.41, 5.74) is 0.765. The van der Waals surface area contributed by atoms with Gasteiger partial charge in [-0.15, -0.1) is 0 Å². The second-order valence-corrected chi connectivity index (χ2v) is 5.56. The Morgan fingerprint density at radius 2 is 2.04 bits per heavy atom. The highest BCUT2D eigenvalue weighted by atomic mass is 16.7. The lowest BCUT2D eigenvalue weighted by Crippen LogP contribution is -3.16. The highest BCUT2D eigenvalue weighted by Crippen LogP contribution is 2.37. The number of rotatable bonds is 4. The van der Waals surface area contributed by atoms with Crippen molar-refractivity contribution >= 4 is 23.3 Å². The van der Waals surface area contributed by atoms with Gasteiger partial charge in [-0.2, -0.15) is 0 Å². The van der Waals surface area contributed by atoms with Gasteiger partial charge >= 0.3 is 0 Å². The maximum atomic E-state index is 12.2. The molecular weight excluding hydrogens is 302 g/mol. The molecule has 1 atom stereocenters. The van der Waals surface area contributed by atoms with Crippen molar-refractivity contribution in [3.63, 3.8) is 0 Å². The molecule has 0 radical (unpaired) electrons. The number of ether oxygens (including phenoxy) is 2. The molecule has 8 heteroatoms. The van der Waals surface area contributed by atoms with Crippen molar-refractivity contribution in [2.45, 2.75) is 6.92 Å². The van der Waals surface area contributed by atoms with E-state index in [4.69, 9.17) is 9.47 Å². The summed E-state index contributed by atoms with van der Waals surface area (Å²) < 4.78 is 10.5. The lowest BCUT2D eigenvalue weighted by atomic mass is 10.1. The number of quaternary nitrogens is 1. The first-order valence-electron chi connectivity index (χ1n) is 7.37. The van der Waals surface area contributed by atoms with Crippen LogP contribution in [0.5, 0.6) is 11.5 Å². The van der Waals surface area contributed by atoms with Gasteiger partial charge in [0.25, 0.3) is 11.8 Å². The van der Waals surface area contributed by atoms with Crippen molar-refractivity contribution in [1.82, 2.24) is 5.32 Å². The minimum Gasteiger partial charge on any atom is -0.454 e. The molecule has 0 aromatic heterocycles. The number of Topliss-reactive ketones (excluding diaryl/α,β-unsaturated/α-hetero) is 1. The number of hydrogen-bond acceptors (Lipinski definition) is 5. The monoisotopic (exact) mass is 320 g/mol. The summed E-state index contributed by atoms with van der Waals surface area (Å²) >= 11 is 0. The van der Waals surface area contributed by atoms with E-state index in [9.17, 15) is 14.4 Å². The number of carbonyl (C=O) groups excluding carboxylic acids is 3. The zero-order valence-corrected chi connectivity index (χ0v) is 12.7. The molecule has 1 aromatic carbocycles. The third kappa shape index (κ3) is 3.42. The Balaban J connectivity index is 1.72. The molecule has 1 fully saturated rings. The summed E-state index contributed by atoms with van der Waals surface area (Å²) in [6, 6.07) is 3.16. The lowest BCUT2D eigenvalue weighted by molar-refractivity contribution is -0.885. The zero-order chi connectivity index (χ0) is 16.4. The molecule has 23 heavy (non-hydrogen) atoms. The maximum Gasteiger partial charge on any atom is 0.279 e. The summed E-state index contributed by atoms with van der Waals surface area (Å²) in [6.45, 7) is 3.21. The van der Waals surface area contributed by atoms with Gasteiger partial charge in [-0.1, -0.05) is 0 Å². The van der Waals surface area contributed by atoms with Crippen molar-refractivity contribution in [3.8, 4) is 11.5 Å². The SMILES string of the molecule is CC(=O)c1cc2c(cc1NC(=O)C[NH+]1CCNC(=O)C1)OCO2. The molecule has 3 N–H and O–H groups in total. The van der Waals surface area contributed by atoms with Crippen molar-refractivity contribution in [2.75, 3.05) is 38.3 Å². The van der Waals surface area contributed by atoms with Gasteiger partial charge in [-0.3, -0.25) is 14.4 Å². The molecule has 2 aliphatic heterocycles. The number of carbonyl (C=O) groups is 3. The molecule has 2 heterocycles. The number of amides is 2. The van der Waals surface area contributed by atoms with Crippen LogP contribution in [0.1, 0.15) is 17.3 Å². The van der Waals surface area contributed by atoms with Crippen molar-refractivity contribution in [3.05, 3.63) is 17.7 Å². The van der Waals surface area contributed by atoms with Crippen molar-refractivity contribution < 1.29 is 28.8 Å². The average molecular weight is 320 g/mol. The van der Waals surface area contributed by atoms with E-state index in [1.54, 1.807) is 12.1 Å². The van der Waals surface area contributed by atoms with Gasteiger partial charge in [0.15, 0.2) is 30.4 Å². The van der Waals surface area contributed by atoms with E-state index in [0.29, 0.717) is 35.8 Å². The van der Waals surface area contributed by atoms with Crippen LogP contribution < -0.4 is 25.0 Å². The normalized spacial score (nSPS) is 19.2. The fraction of sp³-hybridized carbons (Fsp3) is 0.400. The fourth-order valence-corrected chi connectivity index (χ4v) is 2.67. The molecule has 2 aliphatic rings. The number of hydrogen-bond donors (Lipinski definition) is 3. The smallest absolute Gasteiger partial charge is 0.279 e. The average Bonchev–Trinajstić information content (AvgIpc) is 2.93. The van der Waals surface area contributed by atoms with Crippen LogP contribution in [0.2, 0.25) is 0 Å². The van der Waals surface area contributed by atoms with Crippen molar-refractivity contribution in [2.24, 2.45) is 0 Å². The van der Waals surface area contributed by atoms with Crippen LogP contribution in [0.25, 0.3) is 0 Å². The first kappa shape index (κ1) is 15.3. The molecule has 2 amide bonds. The molecule has 1 saturated heterocycles. The molecule has 8 nitrogen and oxygen atoms in total. The topological polar surface area (TPSA) is 98.2 Å². The minimum atomic E-state index is -0.254. The second-order valence-electron chi connectivity index (χ2n) is 5.56. The minimum absolute atomic E-state index is 0.0634. The molecule has 0 spiro atoms. The van der Waals surface area contributed by atoms with Crippen LogP contribution >= 0.6 is 0 Å². The Morgan fingerprint density at radius 3 is 2.74 bits per heavy atom. The highest BCUT2D eigenvalue weighted by molar-refractivity contribution is 6.04. The van der Waals surface area contributed by atoms with E-state index < -0.39 is 0 Å².